The number of hydrogen-bond acceptors (Lipinski definition) is 3. The molecule has 0 aromatic carbocycles. The molecule has 0 saturated carbocycles. The highest BCUT2D eigenvalue weighted by atomic mass is 16.5. The molecular formula is C12H23N3O. The van der Waals surface area contributed by atoms with E-state index in [0.717, 1.165) is 24.7 Å². The summed E-state index contributed by atoms with van der Waals surface area (Å²) < 4.78 is 7.19. The molecule has 1 aromatic rings. The Kier molecular flexibility index (Phi) is 5.32. The molecule has 16 heavy (non-hydrogen) atoms. The Balaban J connectivity index is 2.56. The molecule has 0 aliphatic heterocycles. The first-order valence-corrected chi connectivity index (χ1v) is 5.94. The summed E-state index contributed by atoms with van der Waals surface area (Å²) in [5, 5.41) is 3.39. The molecule has 92 valence electrons. The molecule has 1 atom stereocenters. The monoisotopic (exact) mass is 225 g/mol. The van der Waals surface area contributed by atoms with E-state index in [2.05, 4.69) is 34.9 Å². The molecular weight excluding hydrogens is 202 g/mol. The van der Waals surface area contributed by atoms with E-state index in [0.29, 0.717) is 12.5 Å². The molecule has 0 aliphatic carbocycles. The van der Waals surface area contributed by atoms with E-state index in [9.17, 15) is 0 Å². The summed E-state index contributed by atoms with van der Waals surface area (Å²) in [6, 6.07) is 0. The van der Waals surface area contributed by atoms with Crippen molar-refractivity contribution >= 4 is 5.95 Å². The highest BCUT2D eigenvalue weighted by Crippen LogP contribution is 2.10. The zero-order chi connectivity index (χ0) is 12.0. The predicted molar refractivity (Wildman–Crippen MR) is 66.8 cm³/mol. The zero-order valence-corrected chi connectivity index (χ0v) is 10.8. The Hall–Kier alpha value is -1.03. The van der Waals surface area contributed by atoms with Gasteiger partial charge >= 0.3 is 0 Å². The number of aromatic nitrogens is 2. The maximum Gasteiger partial charge on any atom is 0.203 e. The third-order valence-corrected chi connectivity index (χ3v) is 2.74. The Labute approximate surface area is 98.0 Å². The number of hydrogen-bond donors (Lipinski definition) is 1. The fourth-order valence-corrected chi connectivity index (χ4v) is 1.46. The maximum absolute atomic E-state index is 5.08. The summed E-state index contributed by atoms with van der Waals surface area (Å²) >= 11 is 0. The largest absolute Gasteiger partial charge is 0.383 e. The minimum Gasteiger partial charge on any atom is -0.383 e. The SMILES string of the molecule is CCC(C)CNc1nc(C)cn1CCOC. The van der Waals surface area contributed by atoms with Gasteiger partial charge in [-0.1, -0.05) is 20.3 Å². The van der Waals surface area contributed by atoms with Crippen molar-refractivity contribution in [1.29, 1.82) is 0 Å². The van der Waals surface area contributed by atoms with Gasteiger partial charge in [0.2, 0.25) is 5.95 Å². The van der Waals surface area contributed by atoms with Crippen LogP contribution in [-0.4, -0.2) is 29.8 Å². The third-order valence-electron chi connectivity index (χ3n) is 2.74. The number of imidazole rings is 1. The second-order valence-corrected chi connectivity index (χ2v) is 4.29. The van der Waals surface area contributed by atoms with Gasteiger partial charge in [0.15, 0.2) is 0 Å². The topological polar surface area (TPSA) is 39.1 Å². The highest BCUT2D eigenvalue weighted by Gasteiger charge is 2.06. The van der Waals surface area contributed by atoms with E-state index < -0.39 is 0 Å². The van der Waals surface area contributed by atoms with Crippen LogP contribution < -0.4 is 5.32 Å². The number of aryl methyl sites for hydroxylation is 1. The van der Waals surface area contributed by atoms with Crippen molar-refractivity contribution in [3.8, 4) is 0 Å². The van der Waals surface area contributed by atoms with Crippen LogP contribution >= 0.6 is 0 Å². The molecule has 1 unspecified atom stereocenters. The molecule has 0 aliphatic rings. The van der Waals surface area contributed by atoms with Crippen LogP contribution in [0.1, 0.15) is 26.0 Å². The minimum absolute atomic E-state index is 0.674. The van der Waals surface area contributed by atoms with Gasteiger partial charge in [-0.25, -0.2) is 4.98 Å². The first-order chi connectivity index (χ1) is 7.67. The molecule has 4 heteroatoms. The highest BCUT2D eigenvalue weighted by molar-refractivity contribution is 5.28. The minimum atomic E-state index is 0.674. The number of ether oxygens (including phenoxy) is 1. The van der Waals surface area contributed by atoms with Gasteiger partial charge < -0.3 is 14.6 Å². The number of rotatable bonds is 7. The summed E-state index contributed by atoms with van der Waals surface area (Å²) in [6.45, 7) is 8.99. The first-order valence-electron chi connectivity index (χ1n) is 5.94. The Bertz CT molecular complexity index is 309. The van der Waals surface area contributed by atoms with Crippen LogP contribution in [0.2, 0.25) is 0 Å². The molecule has 1 N–H and O–H groups in total. The van der Waals surface area contributed by atoms with E-state index in [-0.39, 0.29) is 0 Å². The molecule has 0 amide bonds. The van der Waals surface area contributed by atoms with E-state index >= 15 is 0 Å². The lowest BCUT2D eigenvalue weighted by Gasteiger charge is -2.12. The molecule has 0 fully saturated rings. The molecule has 0 spiro atoms. The zero-order valence-electron chi connectivity index (χ0n) is 10.8. The number of nitrogens with zero attached hydrogens (tertiary/aromatic N) is 2. The van der Waals surface area contributed by atoms with Crippen molar-refractivity contribution in [3.05, 3.63) is 11.9 Å². The molecule has 0 radical (unpaired) electrons. The molecule has 1 rings (SSSR count). The van der Waals surface area contributed by atoms with Crippen LogP contribution in [0.15, 0.2) is 6.20 Å². The van der Waals surface area contributed by atoms with Gasteiger partial charge in [-0.15, -0.1) is 0 Å². The molecule has 0 saturated heterocycles. The summed E-state index contributed by atoms with van der Waals surface area (Å²) in [4.78, 5) is 4.47. The van der Waals surface area contributed by atoms with Crippen LogP contribution in [-0.2, 0) is 11.3 Å². The molecule has 4 nitrogen and oxygen atoms in total. The third kappa shape index (κ3) is 3.85. The average molecular weight is 225 g/mol. The average Bonchev–Trinajstić information content (AvgIpc) is 2.63. The number of methoxy groups -OCH3 is 1. The van der Waals surface area contributed by atoms with E-state index in [1.54, 1.807) is 7.11 Å². The number of anilines is 1. The van der Waals surface area contributed by atoms with Crippen molar-refractivity contribution in [3.63, 3.8) is 0 Å². The van der Waals surface area contributed by atoms with Crippen LogP contribution in [0.5, 0.6) is 0 Å². The van der Waals surface area contributed by atoms with Crippen molar-refractivity contribution in [2.75, 3.05) is 25.6 Å². The van der Waals surface area contributed by atoms with Crippen molar-refractivity contribution < 1.29 is 4.74 Å². The quantitative estimate of drug-likeness (QED) is 0.774. The lowest BCUT2D eigenvalue weighted by molar-refractivity contribution is 0.187. The van der Waals surface area contributed by atoms with Crippen LogP contribution in [0.3, 0.4) is 0 Å². The molecule has 1 aromatic heterocycles. The lowest BCUT2D eigenvalue weighted by atomic mass is 10.1. The predicted octanol–water partition coefficient (Wildman–Crippen LogP) is 2.30. The summed E-state index contributed by atoms with van der Waals surface area (Å²) in [5.74, 6) is 1.63. The van der Waals surface area contributed by atoms with Crippen LogP contribution in [0.4, 0.5) is 5.95 Å². The second kappa shape index (κ2) is 6.53. The summed E-state index contributed by atoms with van der Waals surface area (Å²) in [6.07, 6.45) is 3.24. The lowest BCUT2D eigenvalue weighted by Crippen LogP contribution is -2.15. The summed E-state index contributed by atoms with van der Waals surface area (Å²) in [7, 11) is 1.72. The molecule has 1 heterocycles. The fourth-order valence-electron chi connectivity index (χ4n) is 1.46. The second-order valence-electron chi connectivity index (χ2n) is 4.29. The summed E-state index contributed by atoms with van der Waals surface area (Å²) in [5.41, 5.74) is 1.04. The van der Waals surface area contributed by atoms with E-state index in [4.69, 9.17) is 4.74 Å². The standard InChI is InChI=1S/C12H23N3O/c1-5-10(2)8-13-12-14-11(3)9-15(12)6-7-16-4/h9-10H,5-8H2,1-4H3,(H,13,14). The molecule has 0 bridgehead atoms. The van der Waals surface area contributed by atoms with Crippen LogP contribution in [0, 0.1) is 12.8 Å². The number of nitrogens with one attached hydrogen (secondary N) is 1. The van der Waals surface area contributed by atoms with Gasteiger partial charge in [0, 0.05) is 26.4 Å². The van der Waals surface area contributed by atoms with E-state index in [1.165, 1.54) is 6.42 Å². The van der Waals surface area contributed by atoms with Crippen LogP contribution in [0.25, 0.3) is 0 Å². The van der Waals surface area contributed by atoms with E-state index in [1.807, 2.05) is 6.92 Å². The van der Waals surface area contributed by atoms with Crippen molar-refractivity contribution in [2.45, 2.75) is 33.7 Å². The van der Waals surface area contributed by atoms with Gasteiger partial charge in [0.1, 0.15) is 0 Å². The smallest absolute Gasteiger partial charge is 0.203 e. The Morgan fingerprint density at radius 2 is 2.31 bits per heavy atom. The van der Waals surface area contributed by atoms with Gasteiger partial charge in [-0.2, -0.15) is 0 Å². The van der Waals surface area contributed by atoms with Gasteiger partial charge in [-0.05, 0) is 12.8 Å². The fraction of sp³-hybridized carbons (Fsp3) is 0.750. The van der Waals surface area contributed by atoms with Crippen molar-refractivity contribution in [2.24, 2.45) is 5.92 Å². The normalized spacial score (nSPS) is 12.8. The maximum atomic E-state index is 5.08. The Morgan fingerprint density at radius 1 is 1.56 bits per heavy atom. The van der Waals surface area contributed by atoms with Crippen molar-refractivity contribution in [1.82, 2.24) is 9.55 Å². The van der Waals surface area contributed by atoms with Gasteiger partial charge in [0.05, 0.1) is 12.3 Å². The van der Waals surface area contributed by atoms with Gasteiger partial charge in [0.25, 0.3) is 0 Å². The van der Waals surface area contributed by atoms with Gasteiger partial charge in [-0.3, -0.25) is 0 Å². The first kappa shape index (κ1) is 13.0. The Morgan fingerprint density at radius 3 is 2.94 bits per heavy atom.